The van der Waals surface area contributed by atoms with Gasteiger partial charge in [0, 0.05) is 25.2 Å². The second-order valence-corrected chi connectivity index (χ2v) is 7.48. The Bertz CT molecular complexity index is 790. The van der Waals surface area contributed by atoms with E-state index in [1.165, 1.54) is 5.56 Å². The maximum Gasteiger partial charge on any atom is 0.227 e. The largest absolute Gasteiger partial charge is 0.494 e. The lowest BCUT2D eigenvalue weighted by Gasteiger charge is -2.17. The standard InChI is InChI=1S/C24H30N2O3/c1-2-16-29-22-13-11-21(12-14-22)26-18-20(17-23(26)27)24(28)25-15-7-6-10-19-8-4-3-5-9-19/h3-5,8-9,11-14,20H,2,6-7,10,15-18H2,1H3,(H,25,28)/t20-/m1/s1. The highest BCUT2D eigenvalue weighted by molar-refractivity contribution is 6.00. The molecule has 1 aliphatic heterocycles. The van der Waals surface area contributed by atoms with Crippen molar-refractivity contribution in [2.75, 3.05) is 24.6 Å². The summed E-state index contributed by atoms with van der Waals surface area (Å²) < 4.78 is 5.58. The van der Waals surface area contributed by atoms with Gasteiger partial charge in [-0.3, -0.25) is 9.59 Å². The zero-order valence-corrected chi connectivity index (χ0v) is 17.1. The van der Waals surface area contributed by atoms with Crippen LogP contribution in [0.25, 0.3) is 0 Å². The number of nitrogens with one attached hydrogen (secondary N) is 1. The number of anilines is 1. The average molecular weight is 395 g/mol. The third kappa shape index (κ3) is 6.08. The second-order valence-electron chi connectivity index (χ2n) is 7.48. The lowest BCUT2D eigenvalue weighted by Crippen LogP contribution is -2.33. The van der Waals surface area contributed by atoms with Gasteiger partial charge in [0.1, 0.15) is 5.75 Å². The maximum atomic E-state index is 12.5. The van der Waals surface area contributed by atoms with Crippen molar-refractivity contribution in [1.29, 1.82) is 0 Å². The summed E-state index contributed by atoms with van der Waals surface area (Å²) in [5.74, 6) is 0.486. The summed E-state index contributed by atoms with van der Waals surface area (Å²) in [5, 5.41) is 3.00. The van der Waals surface area contributed by atoms with Gasteiger partial charge in [-0.05, 0) is 55.5 Å². The molecule has 0 spiro atoms. The van der Waals surface area contributed by atoms with Crippen molar-refractivity contribution in [3.63, 3.8) is 0 Å². The van der Waals surface area contributed by atoms with Crippen molar-refractivity contribution in [3.8, 4) is 5.75 Å². The Hall–Kier alpha value is -2.82. The number of aryl methyl sites for hydroxylation is 1. The number of hydrogen-bond donors (Lipinski definition) is 1. The Labute approximate surface area is 173 Å². The van der Waals surface area contributed by atoms with Crippen molar-refractivity contribution >= 4 is 17.5 Å². The first-order valence-corrected chi connectivity index (χ1v) is 10.5. The van der Waals surface area contributed by atoms with Crippen molar-refractivity contribution < 1.29 is 14.3 Å². The fraction of sp³-hybridized carbons (Fsp3) is 0.417. The number of carbonyl (C=O) groups excluding carboxylic acids is 2. The predicted molar refractivity (Wildman–Crippen MR) is 115 cm³/mol. The van der Waals surface area contributed by atoms with E-state index in [4.69, 9.17) is 4.74 Å². The van der Waals surface area contributed by atoms with E-state index in [0.29, 0.717) is 19.7 Å². The second kappa shape index (κ2) is 10.6. The Morgan fingerprint density at radius 2 is 1.86 bits per heavy atom. The minimum absolute atomic E-state index is 0.00328. The molecule has 1 fully saturated rings. The lowest BCUT2D eigenvalue weighted by atomic mass is 10.1. The number of amides is 2. The SMILES string of the molecule is CCCOc1ccc(N2C[C@H](C(=O)NCCCCc3ccccc3)CC2=O)cc1. The van der Waals surface area contributed by atoms with Crippen LogP contribution in [0.2, 0.25) is 0 Å². The number of ether oxygens (including phenoxy) is 1. The third-order valence-electron chi connectivity index (χ3n) is 5.15. The van der Waals surface area contributed by atoms with Gasteiger partial charge in [0.25, 0.3) is 0 Å². The number of carbonyl (C=O) groups is 2. The van der Waals surface area contributed by atoms with Crippen LogP contribution in [0.4, 0.5) is 5.69 Å². The first-order chi connectivity index (χ1) is 14.2. The molecule has 154 valence electrons. The van der Waals surface area contributed by atoms with E-state index in [1.807, 2.05) is 42.5 Å². The van der Waals surface area contributed by atoms with Crippen LogP contribution in [0.15, 0.2) is 54.6 Å². The first kappa shape index (κ1) is 20.9. The Kier molecular flexibility index (Phi) is 7.68. The van der Waals surface area contributed by atoms with Crippen molar-refractivity contribution in [2.45, 2.75) is 39.0 Å². The van der Waals surface area contributed by atoms with Gasteiger partial charge in [-0.15, -0.1) is 0 Å². The van der Waals surface area contributed by atoms with Crippen LogP contribution in [-0.4, -0.2) is 31.5 Å². The smallest absolute Gasteiger partial charge is 0.227 e. The Morgan fingerprint density at radius 1 is 1.10 bits per heavy atom. The van der Waals surface area contributed by atoms with Crippen LogP contribution in [0.5, 0.6) is 5.75 Å². The Balaban J connectivity index is 1.41. The summed E-state index contributed by atoms with van der Waals surface area (Å²) in [7, 11) is 0. The highest BCUT2D eigenvalue weighted by atomic mass is 16.5. The molecule has 29 heavy (non-hydrogen) atoms. The van der Waals surface area contributed by atoms with Gasteiger partial charge in [0.05, 0.1) is 12.5 Å². The van der Waals surface area contributed by atoms with E-state index >= 15 is 0 Å². The van der Waals surface area contributed by atoms with Crippen molar-refractivity contribution in [1.82, 2.24) is 5.32 Å². The molecule has 0 aromatic heterocycles. The molecule has 1 aliphatic rings. The topological polar surface area (TPSA) is 58.6 Å². The molecule has 5 nitrogen and oxygen atoms in total. The summed E-state index contributed by atoms with van der Waals surface area (Å²) in [6.07, 6.45) is 4.21. The highest BCUT2D eigenvalue weighted by Gasteiger charge is 2.34. The number of hydrogen-bond acceptors (Lipinski definition) is 3. The molecule has 0 radical (unpaired) electrons. The molecule has 0 saturated carbocycles. The number of unbranched alkanes of at least 4 members (excludes halogenated alkanes) is 1. The quantitative estimate of drug-likeness (QED) is 0.621. The number of rotatable bonds is 10. The molecule has 1 atom stereocenters. The molecule has 5 heteroatoms. The third-order valence-corrected chi connectivity index (χ3v) is 5.15. The van der Waals surface area contributed by atoms with Gasteiger partial charge >= 0.3 is 0 Å². The van der Waals surface area contributed by atoms with Crippen LogP contribution >= 0.6 is 0 Å². The summed E-state index contributed by atoms with van der Waals surface area (Å²) >= 11 is 0. The van der Waals surface area contributed by atoms with Crippen LogP contribution in [-0.2, 0) is 16.0 Å². The molecule has 2 aromatic carbocycles. The zero-order valence-electron chi connectivity index (χ0n) is 17.1. The highest BCUT2D eigenvalue weighted by Crippen LogP contribution is 2.27. The van der Waals surface area contributed by atoms with Gasteiger partial charge in [-0.2, -0.15) is 0 Å². The van der Waals surface area contributed by atoms with E-state index in [2.05, 4.69) is 24.4 Å². The summed E-state index contributed by atoms with van der Waals surface area (Å²) in [6.45, 7) is 3.82. The van der Waals surface area contributed by atoms with Crippen LogP contribution in [0, 0.1) is 5.92 Å². The molecule has 2 amide bonds. The maximum absolute atomic E-state index is 12.5. The average Bonchev–Trinajstić information content (AvgIpc) is 3.15. The zero-order chi connectivity index (χ0) is 20.5. The summed E-state index contributed by atoms with van der Waals surface area (Å²) in [6, 6.07) is 17.9. The molecule has 0 aliphatic carbocycles. The summed E-state index contributed by atoms with van der Waals surface area (Å²) in [5.41, 5.74) is 2.14. The molecule has 0 unspecified atom stereocenters. The minimum atomic E-state index is -0.285. The molecule has 2 aromatic rings. The number of benzene rings is 2. The fourth-order valence-corrected chi connectivity index (χ4v) is 3.53. The van der Waals surface area contributed by atoms with Gasteiger partial charge in [-0.25, -0.2) is 0 Å². The normalized spacial score (nSPS) is 16.1. The molecular formula is C24H30N2O3. The monoisotopic (exact) mass is 394 g/mol. The molecule has 0 bridgehead atoms. The van der Waals surface area contributed by atoms with Gasteiger partial charge in [0.15, 0.2) is 0 Å². The molecule has 1 heterocycles. The van der Waals surface area contributed by atoms with Crippen molar-refractivity contribution in [3.05, 3.63) is 60.2 Å². The van der Waals surface area contributed by atoms with E-state index < -0.39 is 0 Å². The minimum Gasteiger partial charge on any atom is -0.494 e. The van der Waals surface area contributed by atoms with E-state index in [-0.39, 0.29) is 24.2 Å². The molecular weight excluding hydrogens is 364 g/mol. The van der Waals surface area contributed by atoms with Crippen molar-refractivity contribution in [2.24, 2.45) is 5.92 Å². The fourth-order valence-electron chi connectivity index (χ4n) is 3.53. The van der Waals surface area contributed by atoms with E-state index in [9.17, 15) is 9.59 Å². The van der Waals surface area contributed by atoms with Crippen LogP contribution < -0.4 is 15.0 Å². The summed E-state index contributed by atoms with van der Waals surface area (Å²) in [4.78, 5) is 26.6. The van der Waals surface area contributed by atoms with Gasteiger partial charge < -0.3 is 15.0 Å². The van der Waals surface area contributed by atoms with Crippen LogP contribution in [0.1, 0.15) is 38.2 Å². The first-order valence-electron chi connectivity index (χ1n) is 10.5. The molecule has 1 saturated heterocycles. The predicted octanol–water partition coefficient (Wildman–Crippen LogP) is 3.97. The van der Waals surface area contributed by atoms with Gasteiger partial charge in [-0.1, -0.05) is 37.3 Å². The number of nitrogens with zero attached hydrogens (tertiary/aromatic N) is 1. The van der Waals surface area contributed by atoms with Crippen LogP contribution in [0.3, 0.4) is 0 Å². The Morgan fingerprint density at radius 3 is 2.59 bits per heavy atom. The van der Waals surface area contributed by atoms with Gasteiger partial charge in [0.2, 0.25) is 11.8 Å². The van der Waals surface area contributed by atoms with E-state index in [1.54, 1.807) is 4.90 Å². The molecule has 3 rings (SSSR count). The van der Waals surface area contributed by atoms with E-state index in [0.717, 1.165) is 37.1 Å². The molecule has 1 N–H and O–H groups in total. The lowest BCUT2D eigenvalue weighted by molar-refractivity contribution is -0.126.